The Hall–Kier alpha value is -2.44. The number of hydrogen-bond acceptors (Lipinski definition) is 4. The van der Waals surface area contributed by atoms with Crippen molar-refractivity contribution in [3.8, 4) is 0 Å². The van der Waals surface area contributed by atoms with E-state index in [1.165, 1.54) is 0 Å². The second-order valence-corrected chi connectivity index (χ2v) is 5.68. The van der Waals surface area contributed by atoms with Crippen molar-refractivity contribution < 1.29 is 14.7 Å². The molecule has 2 N–H and O–H groups in total. The highest BCUT2D eigenvalue weighted by molar-refractivity contribution is 6.06. The predicted molar refractivity (Wildman–Crippen MR) is 86.4 cm³/mol. The standard InChI is InChI=1S/C16H22N4O3/c1-10-9-12(14-11(2)19-20(3)15(14)18-10)16(23)17-8-6-4-5-7-13(21)22/h9H,4-8H2,1-3H3,(H,17,23)(H,21,22). The van der Waals surface area contributed by atoms with Gasteiger partial charge in [-0.25, -0.2) is 4.98 Å². The Morgan fingerprint density at radius 1 is 1.26 bits per heavy atom. The SMILES string of the molecule is Cc1cc(C(=O)NCCCCCC(=O)O)c2c(C)nn(C)c2n1. The zero-order chi connectivity index (χ0) is 17.0. The third-order valence-electron chi connectivity index (χ3n) is 3.69. The molecule has 23 heavy (non-hydrogen) atoms. The molecular formula is C16H22N4O3. The number of carbonyl (C=O) groups excluding carboxylic acids is 1. The first kappa shape index (κ1) is 16.9. The Balaban J connectivity index is 2.02. The number of pyridine rings is 1. The lowest BCUT2D eigenvalue weighted by Gasteiger charge is -2.07. The van der Waals surface area contributed by atoms with E-state index in [2.05, 4.69) is 15.4 Å². The molecule has 0 aliphatic rings. The fraction of sp³-hybridized carbons (Fsp3) is 0.500. The van der Waals surface area contributed by atoms with E-state index in [1.807, 2.05) is 20.9 Å². The number of fused-ring (bicyclic) bond motifs is 1. The molecule has 7 heteroatoms. The maximum Gasteiger partial charge on any atom is 0.303 e. The zero-order valence-corrected chi connectivity index (χ0v) is 13.7. The van der Waals surface area contributed by atoms with Gasteiger partial charge in [0.2, 0.25) is 0 Å². The van der Waals surface area contributed by atoms with Gasteiger partial charge >= 0.3 is 5.97 Å². The average molecular weight is 318 g/mol. The Morgan fingerprint density at radius 2 is 2.00 bits per heavy atom. The van der Waals surface area contributed by atoms with Gasteiger partial charge in [0.15, 0.2) is 5.65 Å². The summed E-state index contributed by atoms with van der Waals surface area (Å²) in [4.78, 5) is 27.3. The number of nitrogens with one attached hydrogen (secondary N) is 1. The summed E-state index contributed by atoms with van der Waals surface area (Å²) in [5, 5.41) is 16.6. The topological polar surface area (TPSA) is 97.1 Å². The molecular weight excluding hydrogens is 296 g/mol. The molecule has 0 radical (unpaired) electrons. The highest BCUT2D eigenvalue weighted by Crippen LogP contribution is 2.21. The molecule has 0 saturated carbocycles. The molecule has 1 amide bonds. The lowest BCUT2D eigenvalue weighted by Crippen LogP contribution is -2.25. The van der Waals surface area contributed by atoms with E-state index < -0.39 is 5.97 Å². The van der Waals surface area contributed by atoms with E-state index in [9.17, 15) is 9.59 Å². The third kappa shape index (κ3) is 4.06. The Kier molecular flexibility index (Phi) is 5.31. The van der Waals surface area contributed by atoms with Crippen LogP contribution in [0.1, 0.15) is 47.4 Å². The van der Waals surface area contributed by atoms with E-state index in [1.54, 1.807) is 10.7 Å². The van der Waals surface area contributed by atoms with Crippen molar-refractivity contribution in [2.75, 3.05) is 6.54 Å². The van der Waals surface area contributed by atoms with Crippen LogP contribution in [0.2, 0.25) is 0 Å². The van der Waals surface area contributed by atoms with Gasteiger partial charge in [-0.05, 0) is 32.8 Å². The smallest absolute Gasteiger partial charge is 0.303 e. The second-order valence-electron chi connectivity index (χ2n) is 5.68. The lowest BCUT2D eigenvalue weighted by atomic mass is 10.1. The number of hydrogen-bond donors (Lipinski definition) is 2. The number of amides is 1. The summed E-state index contributed by atoms with van der Waals surface area (Å²) >= 11 is 0. The van der Waals surface area contributed by atoms with Crippen molar-refractivity contribution in [3.63, 3.8) is 0 Å². The molecule has 0 fully saturated rings. The van der Waals surface area contributed by atoms with Gasteiger partial charge in [0.1, 0.15) is 0 Å². The molecule has 0 unspecified atom stereocenters. The number of carboxylic acid groups (broad SMARTS) is 1. The third-order valence-corrected chi connectivity index (χ3v) is 3.69. The summed E-state index contributed by atoms with van der Waals surface area (Å²) < 4.78 is 1.68. The van der Waals surface area contributed by atoms with E-state index >= 15 is 0 Å². The maximum atomic E-state index is 12.4. The molecule has 2 rings (SSSR count). The van der Waals surface area contributed by atoms with Gasteiger partial charge in [-0.1, -0.05) is 6.42 Å². The van der Waals surface area contributed by atoms with Crippen molar-refractivity contribution in [2.45, 2.75) is 39.5 Å². The summed E-state index contributed by atoms with van der Waals surface area (Å²) in [5.41, 5.74) is 2.84. The number of aryl methyl sites for hydroxylation is 3. The molecule has 2 aromatic heterocycles. The monoisotopic (exact) mass is 318 g/mol. The minimum Gasteiger partial charge on any atom is -0.481 e. The van der Waals surface area contributed by atoms with Crippen LogP contribution in [0, 0.1) is 13.8 Å². The van der Waals surface area contributed by atoms with Gasteiger partial charge in [-0.3, -0.25) is 14.3 Å². The van der Waals surface area contributed by atoms with Crippen LogP contribution in [0.4, 0.5) is 0 Å². The normalized spacial score (nSPS) is 10.9. The zero-order valence-electron chi connectivity index (χ0n) is 13.7. The van der Waals surface area contributed by atoms with Crippen LogP contribution in [0.15, 0.2) is 6.07 Å². The lowest BCUT2D eigenvalue weighted by molar-refractivity contribution is -0.137. The first-order valence-corrected chi connectivity index (χ1v) is 7.71. The summed E-state index contributed by atoms with van der Waals surface area (Å²) in [7, 11) is 1.81. The molecule has 2 heterocycles. The quantitative estimate of drug-likeness (QED) is 0.761. The number of unbranched alkanes of at least 4 members (excludes halogenated alkanes) is 2. The van der Waals surface area contributed by atoms with Crippen LogP contribution >= 0.6 is 0 Å². The van der Waals surface area contributed by atoms with Gasteiger partial charge in [-0.15, -0.1) is 0 Å². The van der Waals surface area contributed by atoms with Crippen LogP contribution in [-0.2, 0) is 11.8 Å². The van der Waals surface area contributed by atoms with E-state index in [4.69, 9.17) is 5.11 Å². The molecule has 124 valence electrons. The first-order valence-electron chi connectivity index (χ1n) is 7.71. The molecule has 0 saturated heterocycles. The van der Waals surface area contributed by atoms with Crippen molar-refractivity contribution in [2.24, 2.45) is 7.05 Å². The van der Waals surface area contributed by atoms with Crippen LogP contribution in [-0.4, -0.2) is 38.3 Å². The van der Waals surface area contributed by atoms with Crippen LogP contribution in [0.5, 0.6) is 0 Å². The maximum absolute atomic E-state index is 12.4. The van der Waals surface area contributed by atoms with Crippen molar-refractivity contribution in [1.82, 2.24) is 20.1 Å². The first-order chi connectivity index (χ1) is 10.9. The molecule has 2 aromatic rings. The Bertz CT molecular complexity index is 736. The molecule has 0 aliphatic heterocycles. The van der Waals surface area contributed by atoms with E-state index in [0.717, 1.165) is 29.6 Å². The summed E-state index contributed by atoms with van der Waals surface area (Å²) in [5.74, 6) is -0.925. The fourth-order valence-electron chi connectivity index (χ4n) is 2.62. The van der Waals surface area contributed by atoms with Gasteiger partial charge in [-0.2, -0.15) is 5.10 Å². The Labute approximate surface area is 134 Å². The van der Waals surface area contributed by atoms with Crippen molar-refractivity contribution in [3.05, 3.63) is 23.0 Å². The molecule has 0 aromatic carbocycles. The van der Waals surface area contributed by atoms with Crippen LogP contribution in [0.3, 0.4) is 0 Å². The number of nitrogens with zero attached hydrogens (tertiary/aromatic N) is 3. The number of rotatable bonds is 7. The molecule has 0 spiro atoms. The number of carbonyl (C=O) groups is 2. The minimum absolute atomic E-state index is 0.144. The minimum atomic E-state index is -0.782. The predicted octanol–water partition coefficient (Wildman–Crippen LogP) is 1.96. The van der Waals surface area contributed by atoms with Gasteiger partial charge in [0.25, 0.3) is 5.91 Å². The molecule has 0 bridgehead atoms. The van der Waals surface area contributed by atoms with Crippen LogP contribution < -0.4 is 5.32 Å². The van der Waals surface area contributed by atoms with Gasteiger partial charge in [0.05, 0.1) is 16.6 Å². The Morgan fingerprint density at radius 3 is 2.70 bits per heavy atom. The number of aromatic nitrogens is 3. The highest BCUT2D eigenvalue weighted by atomic mass is 16.4. The molecule has 7 nitrogen and oxygen atoms in total. The van der Waals surface area contributed by atoms with E-state index in [-0.39, 0.29) is 12.3 Å². The second kappa shape index (κ2) is 7.21. The summed E-state index contributed by atoms with van der Waals surface area (Å²) in [6.45, 7) is 4.24. The van der Waals surface area contributed by atoms with Crippen molar-refractivity contribution >= 4 is 22.9 Å². The van der Waals surface area contributed by atoms with Crippen LogP contribution in [0.25, 0.3) is 11.0 Å². The molecule has 0 aliphatic carbocycles. The highest BCUT2D eigenvalue weighted by Gasteiger charge is 2.17. The summed E-state index contributed by atoms with van der Waals surface area (Å²) in [6.07, 6.45) is 2.35. The van der Waals surface area contributed by atoms with Gasteiger partial charge < -0.3 is 10.4 Å². The van der Waals surface area contributed by atoms with E-state index in [0.29, 0.717) is 24.2 Å². The van der Waals surface area contributed by atoms with Crippen molar-refractivity contribution in [1.29, 1.82) is 0 Å². The molecule has 0 atom stereocenters. The number of carboxylic acids is 1. The average Bonchev–Trinajstić information content (AvgIpc) is 2.76. The van der Waals surface area contributed by atoms with Gasteiger partial charge in [0, 0.05) is 25.7 Å². The summed E-state index contributed by atoms with van der Waals surface area (Å²) in [6, 6.07) is 1.77. The fourth-order valence-corrected chi connectivity index (χ4v) is 2.62. The largest absolute Gasteiger partial charge is 0.481 e. The number of aliphatic carboxylic acids is 1.